The third-order valence-electron chi connectivity index (χ3n) is 5.30. The number of hydrogen-bond donors (Lipinski definition) is 2. The Balaban J connectivity index is 1.50. The van der Waals surface area contributed by atoms with Crippen LogP contribution in [0.1, 0.15) is 25.7 Å². The predicted octanol–water partition coefficient (Wildman–Crippen LogP) is 1.99. The first-order valence-electron chi connectivity index (χ1n) is 8.27. The Morgan fingerprint density at radius 1 is 1.30 bits per heavy atom. The normalized spacial score (nSPS) is 26.7. The second kappa shape index (κ2) is 5.77. The van der Waals surface area contributed by atoms with E-state index in [0.29, 0.717) is 5.92 Å². The van der Waals surface area contributed by atoms with Crippen molar-refractivity contribution < 1.29 is 4.79 Å². The van der Waals surface area contributed by atoms with Gasteiger partial charge in [-0.3, -0.25) is 4.79 Å². The van der Waals surface area contributed by atoms with Crippen molar-refractivity contribution >= 4 is 11.6 Å². The molecule has 1 aliphatic carbocycles. The number of amides is 1. The average Bonchev–Trinajstić information content (AvgIpc) is 3.25. The number of nitrogens with one attached hydrogen (secondary N) is 2. The van der Waals surface area contributed by atoms with Gasteiger partial charge in [0.15, 0.2) is 0 Å². The summed E-state index contributed by atoms with van der Waals surface area (Å²) < 4.78 is 1.70. The Labute approximate surface area is 135 Å². The molecule has 2 fully saturated rings. The highest BCUT2D eigenvalue weighted by molar-refractivity contribution is 5.96. The average molecular weight is 311 g/mol. The fourth-order valence-corrected chi connectivity index (χ4v) is 3.99. The molecule has 6 heteroatoms. The number of fused-ring (bicyclic) bond motifs is 1. The van der Waals surface area contributed by atoms with Crippen LogP contribution in [-0.4, -0.2) is 34.0 Å². The molecule has 120 valence electrons. The maximum atomic E-state index is 12.9. The second-order valence-corrected chi connectivity index (χ2v) is 6.58. The van der Waals surface area contributed by atoms with Gasteiger partial charge in [-0.1, -0.05) is 18.1 Å². The minimum Gasteiger partial charge on any atom is -0.326 e. The van der Waals surface area contributed by atoms with E-state index >= 15 is 0 Å². The molecule has 1 saturated heterocycles. The fourth-order valence-electron chi connectivity index (χ4n) is 3.99. The number of hydrogen-bond acceptors (Lipinski definition) is 4. The van der Waals surface area contributed by atoms with Crippen molar-refractivity contribution in [1.82, 2.24) is 20.3 Å². The molecule has 1 saturated carbocycles. The number of anilines is 1. The second-order valence-electron chi connectivity index (χ2n) is 6.58. The van der Waals surface area contributed by atoms with E-state index in [4.69, 9.17) is 0 Å². The van der Waals surface area contributed by atoms with Gasteiger partial charge in [0.2, 0.25) is 5.91 Å². The smallest absolute Gasteiger partial charge is 0.232 e. The maximum Gasteiger partial charge on any atom is 0.232 e. The van der Waals surface area contributed by atoms with E-state index in [1.165, 1.54) is 6.42 Å². The number of nitrogens with zero attached hydrogens (tertiary/aromatic N) is 3. The first kappa shape index (κ1) is 14.4. The first-order chi connectivity index (χ1) is 11.3. The molecule has 2 aliphatic rings. The maximum absolute atomic E-state index is 12.9. The van der Waals surface area contributed by atoms with E-state index in [1.54, 1.807) is 17.1 Å². The number of aromatic nitrogens is 3. The Hall–Kier alpha value is -2.21. The van der Waals surface area contributed by atoms with E-state index in [-0.39, 0.29) is 11.3 Å². The molecule has 2 atom stereocenters. The molecule has 2 N–H and O–H groups in total. The highest BCUT2D eigenvalue weighted by Crippen LogP contribution is 2.44. The number of rotatable bonds is 3. The zero-order chi connectivity index (χ0) is 15.7. The van der Waals surface area contributed by atoms with Crippen LogP contribution < -0.4 is 10.6 Å². The molecule has 1 aromatic heterocycles. The predicted molar refractivity (Wildman–Crippen MR) is 87.2 cm³/mol. The van der Waals surface area contributed by atoms with Crippen molar-refractivity contribution in [3.8, 4) is 5.69 Å². The number of carbonyl (C=O) groups excluding carboxylic acids is 1. The van der Waals surface area contributed by atoms with E-state index in [0.717, 1.165) is 43.7 Å². The summed E-state index contributed by atoms with van der Waals surface area (Å²) in [6, 6.07) is 7.72. The number of carbonyl (C=O) groups is 1. The van der Waals surface area contributed by atoms with Crippen molar-refractivity contribution in [2.75, 3.05) is 18.4 Å². The van der Waals surface area contributed by atoms with Crippen LogP contribution in [0.3, 0.4) is 0 Å². The monoisotopic (exact) mass is 311 g/mol. The lowest BCUT2D eigenvalue weighted by Crippen LogP contribution is -2.44. The molecule has 2 aromatic rings. The third kappa shape index (κ3) is 2.53. The Kier molecular flexibility index (Phi) is 3.61. The quantitative estimate of drug-likeness (QED) is 0.909. The van der Waals surface area contributed by atoms with Gasteiger partial charge >= 0.3 is 0 Å². The Morgan fingerprint density at radius 2 is 2.17 bits per heavy atom. The zero-order valence-electron chi connectivity index (χ0n) is 13.0. The van der Waals surface area contributed by atoms with Gasteiger partial charge in [0, 0.05) is 12.2 Å². The highest BCUT2D eigenvalue weighted by Gasteiger charge is 2.49. The Morgan fingerprint density at radius 3 is 2.96 bits per heavy atom. The van der Waals surface area contributed by atoms with Crippen LogP contribution >= 0.6 is 0 Å². The lowest BCUT2D eigenvalue weighted by molar-refractivity contribution is -0.128. The van der Waals surface area contributed by atoms with Crippen molar-refractivity contribution in [1.29, 1.82) is 0 Å². The molecule has 1 amide bonds. The van der Waals surface area contributed by atoms with Gasteiger partial charge in [-0.15, -0.1) is 5.10 Å². The van der Waals surface area contributed by atoms with Gasteiger partial charge in [-0.25, -0.2) is 4.68 Å². The SMILES string of the molecule is O=C(Nc1ccc(-n2ccnn2)cc1)[C@@]12CCCC[C@H]1CNC2. The van der Waals surface area contributed by atoms with Crippen molar-refractivity contribution in [2.45, 2.75) is 25.7 Å². The van der Waals surface area contributed by atoms with Gasteiger partial charge in [0.05, 0.1) is 23.5 Å². The zero-order valence-corrected chi connectivity index (χ0v) is 13.0. The summed E-state index contributed by atoms with van der Waals surface area (Å²) in [6.45, 7) is 1.78. The number of benzene rings is 1. The van der Waals surface area contributed by atoms with Crippen molar-refractivity contribution in [2.24, 2.45) is 11.3 Å². The fraction of sp³-hybridized carbons (Fsp3) is 0.471. The molecular weight excluding hydrogens is 290 g/mol. The topological polar surface area (TPSA) is 71.8 Å². The summed E-state index contributed by atoms with van der Waals surface area (Å²) >= 11 is 0. The molecule has 0 unspecified atom stereocenters. The molecule has 1 aliphatic heterocycles. The Bertz CT molecular complexity index is 682. The summed E-state index contributed by atoms with van der Waals surface area (Å²) in [5, 5.41) is 14.3. The lowest BCUT2D eigenvalue weighted by atomic mass is 9.67. The molecule has 0 radical (unpaired) electrons. The first-order valence-corrected chi connectivity index (χ1v) is 8.27. The molecule has 1 aromatic carbocycles. The van der Waals surface area contributed by atoms with Gasteiger partial charge in [-0.2, -0.15) is 0 Å². The van der Waals surface area contributed by atoms with Crippen LogP contribution in [0.15, 0.2) is 36.7 Å². The highest BCUT2D eigenvalue weighted by atomic mass is 16.2. The van der Waals surface area contributed by atoms with E-state index < -0.39 is 0 Å². The van der Waals surface area contributed by atoms with Gasteiger partial charge < -0.3 is 10.6 Å². The van der Waals surface area contributed by atoms with E-state index in [2.05, 4.69) is 20.9 Å². The molecule has 4 rings (SSSR count). The molecule has 0 spiro atoms. The lowest BCUT2D eigenvalue weighted by Gasteiger charge is -2.37. The summed E-state index contributed by atoms with van der Waals surface area (Å²) in [7, 11) is 0. The minimum atomic E-state index is -0.219. The van der Waals surface area contributed by atoms with Crippen molar-refractivity contribution in [3.05, 3.63) is 36.7 Å². The van der Waals surface area contributed by atoms with E-state index in [1.807, 2.05) is 24.3 Å². The third-order valence-corrected chi connectivity index (χ3v) is 5.30. The van der Waals surface area contributed by atoms with Gasteiger partial charge in [-0.05, 0) is 49.6 Å². The molecule has 2 heterocycles. The van der Waals surface area contributed by atoms with Crippen LogP contribution in [0.2, 0.25) is 0 Å². The van der Waals surface area contributed by atoms with Crippen LogP contribution in [0, 0.1) is 11.3 Å². The summed E-state index contributed by atoms with van der Waals surface area (Å²) in [5.41, 5.74) is 1.55. The summed E-state index contributed by atoms with van der Waals surface area (Å²) in [6.07, 6.45) is 7.98. The largest absolute Gasteiger partial charge is 0.326 e. The summed E-state index contributed by atoms with van der Waals surface area (Å²) in [4.78, 5) is 12.9. The van der Waals surface area contributed by atoms with Crippen LogP contribution in [0.5, 0.6) is 0 Å². The minimum absolute atomic E-state index is 0.167. The molecule has 0 bridgehead atoms. The van der Waals surface area contributed by atoms with Gasteiger partial charge in [0.25, 0.3) is 0 Å². The van der Waals surface area contributed by atoms with Crippen LogP contribution in [-0.2, 0) is 4.79 Å². The molecular formula is C17H21N5O. The molecule has 23 heavy (non-hydrogen) atoms. The van der Waals surface area contributed by atoms with E-state index in [9.17, 15) is 4.79 Å². The van der Waals surface area contributed by atoms with Crippen molar-refractivity contribution in [3.63, 3.8) is 0 Å². The standard InChI is InChI=1S/C17H21N5O/c23-16(17-8-2-1-3-13(17)11-18-12-17)20-14-4-6-15(7-5-14)22-10-9-19-21-22/h4-7,9-10,13,18H,1-3,8,11-12H2,(H,20,23)/t13-,17+/m0/s1. The van der Waals surface area contributed by atoms with Gasteiger partial charge in [0.1, 0.15) is 0 Å². The van der Waals surface area contributed by atoms with Crippen LogP contribution in [0.25, 0.3) is 5.69 Å². The van der Waals surface area contributed by atoms with Crippen LogP contribution in [0.4, 0.5) is 5.69 Å². The molecule has 6 nitrogen and oxygen atoms in total. The summed E-state index contributed by atoms with van der Waals surface area (Å²) in [5.74, 6) is 0.645.